The van der Waals surface area contributed by atoms with Crippen LogP contribution in [0.1, 0.15) is 53.4 Å². The van der Waals surface area contributed by atoms with Crippen LogP contribution in [-0.2, 0) is 0 Å². The SMILES string of the molecule is CC1(C)CCN(CC2CCC(C)(C)C2O)CC1. The minimum absolute atomic E-state index is 0.0996. The molecule has 1 aliphatic heterocycles. The zero-order valence-corrected chi connectivity index (χ0v) is 12.0. The van der Waals surface area contributed by atoms with Gasteiger partial charge in [0.05, 0.1) is 6.10 Å². The maximum atomic E-state index is 10.3. The van der Waals surface area contributed by atoms with E-state index < -0.39 is 0 Å². The molecule has 1 aliphatic carbocycles. The molecule has 2 aliphatic rings. The van der Waals surface area contributed by atoms with Crippen LogP contribution in [-0.4, -0.2) is 35.7 Å². The minimum atomic E-state index is -0.0996. The number of hydrogen-bond acceptors (Lipinski definition) is 2. The first-order chi connectivity index (χ1) is 7.80. The summed E-state index contributed by atoms with van der Waals surface area (Å²) in [6.45, 7) is 12.7. The Bertz CT molecular complexity index is 262. The van der Waals surface area contributed by atoms with Crippen LogP contribution < -0.4 is 0 Å². The first-order valence-corrected chi connectivity index (χ1v) is 7.21. The zero-order valence-electron chi connectivity index (χ0n) is 12.0. The quantitative estimate of drug-likeness (QED) is 0.801. The lowest BCUT2D eigenvalue weighted by Gasteiger charge is -2.38. The molecule has 2 rings (SSSR count). The summed E-state index contributed by atoms with van der Waals surface area (Å²) in [6, 6.07) is 0. The van der Waals surface area contributed by atoms with E-state index in [-0.39, 0.29) is 11.5 Å². The van der Waals surface area contributed by atoms with Gasteiger partial charge in [-0.05, 0) is 55.5 Å². The molecule has 0 aromatic heterocycles. The molecule has 17 heavy (non-hydrogen) atoms. The highest BCUT2D eigenvalue weighted by Crippen LogP contribution is 2.42. The molecule has 2 nitrogen and oxygen atoms in total. The van der Waals surface area contributed by atoms with Gasteiger partial charge in [-0.3, -0.25) is 0 Å². The van der Waals surface area contributed by atoms with E-state index in [0.29, 0.717) is 11.3 Å². The van der Waals surface area contributed by atoms with Crippen molar-refractivity contribution in [3.8, 4) is 0 Å². The van der Waals surface area contributed by atoms with Crippen LogP contribution in [0, 0.1) is 16.7 Å². The normalized spacial score (nSPS) is 37.2. The average Bonchev–Trinajstić information content (AvgIpc) is 2.48. The van der Waals surface area contributed by atoms with Gasteiger partial charge in [0.1, 0.15) is 0 Å². The van der Waals surface area contributed by atoms with Crippen molar-refractivity contribution in [2.75, 3.05) is 19.6 Å². The third-order valence-corrected chi connectivity index (χ3v) is 5.11. The Kier molecular flexibility index (Phi) is 3.57. The molecule has 1 saturated heterocycles. The van der Waals surface area contributed by atoms with Crippen molar-refractivity contribution in [1.29, 1.82) is 0 Å². The maximum absolute atomic E-state index is 10.3. The number of aliphatic hydroxyl groups excluding tert-OH is 1. The summed E-state index contributed by atoms with van der Waals surface area (Å²) in [7, 11) is 0. The van der Waals surface area contributed by atoms with Crippen molar-refractivity contribution >= 4 is 0 Å². The Hall–Kier alpha value is -0.0800. The van der Waals surface area contributed by atoms with Gasteiger partial charge in [-0.2, -0.15) is 0 Å². The topological polar surface area (TPSA) is 23.5 Å². The highest BCUT2D eigenvalue weighted by atomic mass is 16.3. The number of hydrogen-bond donors (Lipinski definition) is 1. The van der Waals surface area contributed by atoms with Crippen molar-refractivity contribution in [3.05, 3.63) is 0 Å². The van der Waals surface area contributed by atoms with Crippen molar-refractivity contribution in [2.45, 2.75) is 59.5 Å². The number of aliphatic hydroxyl groups is 1. The van der Waals surface area contributed by atoms with Crippen LogP contribution >= 0.6 is 0 Å². The van der Waals surface area contributed by atoms with Gasteiger partial charge in [-0.1, -0.05) is 27.7 Å². The highest BCUT2D eigenvalue weighted by molar-refractivity contribution is 4.93. The monoisotopic (exact) mass is 239 g/mol. The molecule has 0 spiro atoms. The van der Waals surface area contributed by atoms with Crippen molar-refractivity contribution < 1.29 is 5.11 Å². The third kappa shape index (κ3) is 3.03. The molecule has 0 bridgehead atoms. The van der Waals surface area contributed by atoms with E-state index >= 15 is 0 Å². The van der Waals surface area contributed by atoms with E-state index in [9.17, 15) is 5.11 Å². The fourth-order valence-corrected chi connectivity index (χ4v) is 3.36. The summed E-state index contributed by atoms with van der Waals surface area (Å²) in [4.78, 5) is 2.57. The molecule has 2 atom stereocenters. The molecule has 2 fully saturated rings. The van der Waals surface area contributed by atoms with Crippen LogP contribution in [0.2, 0.25) is 0 Å². The van der Waals surface area contributed by atoms with E-state index in [1.807, 2.05) is 0 Å². The maximum Gasteiger partial charge on any atom is 0.0631 e. The molecule has 2 unspecified atom stereocenters. The first-order valence-electron chi connectivity index (χ1n) is 7.21. The van der Waals surface area contributed by atoms with Gasteiger partial charge in [0.15, 0.2) is 0 Å². The lowest BCUT2D eigenvalue weighted by molar-refractivity contribution is 0.0236. The van der Waals surface area contributed by atoms with Crippen LogP contribution in [0.3, 0.4) is 0 Å². The van der Waals surface area contributed by atoms with E-state index in [2.05, 4.69) is 32.6 Å². The standard InChI is InChI=1S/C15H29NO/c1-14(2)7-9-16(10-8-14)11-12-5-6-15(3,4)13(12)17/h12-13,17H,5-11H2,1-4H3. The lowest BCUT2D eigenvalue weighted by atomic mass is 9.82. The first kappa shape index (κ1) is 13.4. The summed E-state index contributed by atoms with van der Waals surface area (Å²) in [5, 5.41) is 10.3. The molecular weight excluding hydrogens is 210 g/mol. The molecule has 0 aromatic rings. The molecule has 0 aromatic carbocycles. The van der Waals surface area contributed by atoms with E-state index in [1.165, 1.54) is 38.8 Å². The average molecular weight is 239 g/mol. The van der Waals surface area contributed by atoms with Crippen LogP contribution in [0.5, 0.6) is 0 Å². The van der Waals surface area contributed by atoms with Crippen LogP contribution in [0.25, 0.3) is 0 Å². The zero-order chi connectivity index (χ0) is 12.7. The largest absolute Gasteiger partial charge is 0.392 e. The second-order valence-electron chi connectivity index (χ2n) is 7.70. The number of piperidine rings is 1. The van der Waals surface area contributed by atoms with Crippen molar-refractivity contribution in [1.82, 2.24) is 4.90 Å². The van der Waals surface area contributed by atoms with Gasteiger partial charge in [-0.25, -0.2) is 0 Å². The second kappa shape index (κ2) is 4.55. The van der Waals surface area contributed by atoms with Gasteiger partial charge < -0.3 is 10.0 Å². The van der Waals surface area contributed by atoms with Gasteiger partial charge in [-0.15, -0.1) is 0 Å². The summed E-state index contributed by atoms with van der Waals surface area (Å²) >= 11 is 0. The Morgan fingerprint density at radius 1 is 1.06 bits per heavy atom. The second-order valence-corrected chi connectivity index (χ2v) is 7.70. The van der Waals surface area contributed by atoms with Crippen LogP contribution in [0.15, 0.2) is 0 Å². The number of rotatable bonds is 2. The predicted molar refractivity (Wildman–Crippen MR) is 72.0 cm³/mol. The Morgan fingerprint density at radius 3 is 2.12 bits per heavy atom. The molecule has 2 heteroatoms. The Balaban J connectivity index is 1.83. The van der Waals surface area contributed by atoms with Gasteiger partial charge >= 0.3 is 0 Å². The van der Waals surface area contributed by atoms with E-state index in [1.54, 1.807) is 0 Å². The van der Waals surface area contributed by atoms with Gasteiger partial charge in [0.25, 0.3) is 0 Å². The summed E-state index contributed by atoms with van der Waals surface area (Å²) in [5.74, 6) is 0.506. The van der Waals surface area contributed by atoms with Crippen molar-refractivity contribution in [2.24, 2.45) is 16.7 Å². The lowest BCUT2D eigenvalue weighted by Crippen LogP contribution is -2.42. The van der Waals surface area contributed by atoms with Crippen molar-refractivity contribution in [3.63, 3.8) is 0 Å². The third-order valence-electron chi connectivity index (χ3n) is 5.11. The van der Waals surface area contributed by atoms with Crippen LogP contribution in [0.4, 0.5) is 0 Å². The summed E-state index contributed by atoms with van der Waals surface area (Å²) in [6.07, 6.45) is 4.89. The Labute approximate surface area is 106 Å². The minimum Gasteiger partial charge on any atom is -0.392 e. The summed E-state index contributed by atoms with van der Waals surface area (Å²) in [5.41, 5.74) is 0.670. The van der Waals surface area contributed by atoms with Gasteiger partial charge in [0.2, 0.25) is 0 Å². The molecule has 1 saturated carbocycles. The highest BCUT2D eigenvalue weighted by Gasteiger charge is 2.41. The van der Waals surface area contributed by atoms with E-state index in [0.717, 1.165) is 6.54 Å². The smallest absolute Gasteiger partial charge is 0.0631 e. The molecule has 1 heterocycles. The fourth-order valence-electron chi connectivity index (χ4n) is 3.36. The molecule has 0 amide bonds. The predicted octanol–water partition coefficient (Wildman–Crippen LogP) is 2.91. The van der Waals surface area contributed by atoms with E-state index in [4.69, 9.17) is 0 Å². The Morgan fingerprint density at radius 2 is 1.65 bits per heavy atom. The number of nitrogens with zero attached hydrogens (tertiary/aromatic N) is 1. The molecule has 0 radical (unpaired) electrons. The molecule has 1 N–H and O–H groups in total. The molecule has 100 valence electrons. The van der Waals surface area contributed by atoms with Gasteiger partial charge in [0, 0.05) is 6.54 Å². The molecular formula is C15H29NO. The summed E-state index contributed by atoms with van der Waals surface area (Å²) < 4.78 is 0. The fraction of sp³-hybridized carbons (Fsp3) is 1.00. The number of likely N-dealkylation sites (tertiary alicyclic amines) is 1.